The van der Waals surface area contributed by atoms with Gasteiger partial charge in [-0.05, 0) is 22.6 Å². The monoisotopic (exact) mass is 456 g/mol. The predicted molar refractivity (Wildman–Crippen MR) is 70.1 cm³/mol. The van der Waals surface area contributed by atoms with Gasteiger partial charge in [0.05, 0.1) is 7.11 Å². The Hall–Kier alpha value is -0.720. The normalized spacial score (nSPS) is 11.3. The van der Waals surface area contributed by atoms with Crippen LogP contribution in [0, 0.1) is 8.96 Å². The highest BCUT2D eigenvalue weighted by atomic mass is 127. The number of ether oxygens (including phenoxy) is 1. The van der Waals surface area contributed by atoms with E-state index in [9.17, 15) is 16.8 Å². The van der Waals surface area contributed by atoms with Crippen LogP contribution < -0.4 is 17.1 Å². The van der Waals surface area contributed by atoms with Gasteiger partial charge in [0.1, 0.15) is 4.90 Å². The van der Waals surface area contributed by atoms with Crippen LogP contribution in [0.5, 0.6) is 5.75 Å². The molecule has 0 radical (unpaired) electrons. The Morgan fingerprint density at radius 3 is 1.95 bits per heavy atom. The van der Waals surface area contributed by atoms with Crippen molar-refractivity contribution in [3.63, 3.8) is 0 Å². The van der Waals surface area contributed by atoms with Gasteiger partial charge in [0, 0.05) is 9.64 Å². The minimum absolute atomic E-state index is 0. The zero-order valence-corrected chi connectivity index (χ0v) is 14.0. The summed E-state index contributed by atoms with van der Waals surface area (Å²) in [5, 5.41) is 8.77. The minimum Gasteiger partial charge on any atom is -1.00 e. The van der Waals surface area contributed by atoms with E-state index in [0.717, 1.165) is 13.2 Å². The lowest BCUT2D eigenvalue weighted by Crippen LogP contribution is -3.00. The molecule has 0 aliphatic carbocycles. The molecule has 0 amide bonds. The first-order chi connectivity index (χ1) is 8.54. The van der Waals surface area contributed by atoms with Crippen molar-refractivity contribution in [2.75, 3.05) is 7.11 Å². The van der Waals surface area contributed by atoms with Crippen LogP contribution in [0.25, 0.3) is 4.98 Å². The molecule has 1 aromatic rings. The number of rotatable bonds is 3. The van der Waals surface area contributed by atoms with Gasteiger partial charge < -0.3 is 17.1 Å². The minimum atomic E-state index is -5.09. The highest BCUT2D eigenvalue weighted by Gasteiger charge is 2.39. The Kier molecular flexibility index (Phi) is 6.14. The fraction of sp³-hybridized carbons (Fsp3) is 0.143. The van der Waals surface area contributed by atoms with Crippen LogP contribution in [0.15, 0.2) is 15.9 Å². The van der Waals surface area contributed by atoms with Crippen molar-refractivity contribution in [1.82, 2.24) is 0 Å². The van der Waals surface area contributed by atoms with Crippen LogP contribution >= 0.6 is 22.6 Å². The van der Waals surface area contributed by atoms with Crippen molar-refractivity contribution >= 4 is 48.5 Å². The Labute approximate surface area is 134 Å². The summed E-state index contributed by atoms with van der Waals surface area (Å²) in [4.78, 5) is 0.224. The number of benzene rings is 1. The fourth-order valence-corrected chi connectivity index (χ4v) is 4.88. The molecule has 0 heterocycles. The van der Waals surface area contributed by atoms with Crippen LogP contribution in [0.2, 0.25) is 0 Å². The molecule has 0 saturated heterocycles. The standard InChI is InChI=1S/C7H5IN2O7S2.ClH/c1-17-4-2-3(8)6(18(11,12)13)7(5(4)10-9)19(14,15)16;/h2H,1H3,(H-,11,12,13,14,15,16);1H. The highest BCUT2D eigenvalue weighted by Crippen LogP contribution is 2.41. The summed E-state index contributed by atoms with van der Waals surface area (Å²) in [7, 11) is -8.96. The van der Waals surface area contributed by atoms with Crippen LogP contribution in [0.4, 0.5) is 5.69 Å². The molecule has 9 nitrogen and oxygen atoms in total. The van der Waals surface area contributed by atoms with E-state index in [1.54, 1.807) is 0 Å². The van der Waals surface area contributed by atoms with Gasteiger partial charge in [-0.2, -0.15) is 16.8 Å². The van der Waals surface area contributed by atoms with E-state index in [1.165, 1.54) is 22.6 Å². The lowest BCUT2D eigenvalue weighted by atomic mass is 10.3. The molecule has 2 N–H and O–H groups in total. The smallest absolute Gasteiger partial charge is 0.448 e. The highest BCUT2D eigenvalue weighted by molar-refractivity contribution is 14.1. The van der Waals surface area contributed by atoms with Crippen molar-refractivity contribution < 1.29 is 43.1 Å². The van der Waals surface area contributed by atoms with Crippen LogP contribution in [-0.2, 0) is 20.2 Å². The second-order valence-corrected chi connectivity index (χ2v) is 7.00. The summed E-state index contributed by atoms with van der Waals surface area (Å²) >= 11 is 1.42. The van der Waals surface area contributed by atoms with Crippen molar-refractivity contribution in [3.8, 4) is 5.75 Å². The molecule has 0 fully saturated rings. The van der Waals surface area contributed by atoms with Gasteiger partial charge in [0.25, 0.3) is 10.1 Å². The third kappa shape index (κ3) is 3.68. The Morgan fingerprint density at radius 1 is 1.20 bits per heavy atom. The molecular formula is C7H6ClIN2O7S2. The number of halogens is 2. The molecule has 0 aromatic heterocycles. The SMILES string of the molecule is COc1cc(I)c(S(=O)(=O)O)c(S(=O)(=O)O)c1[N+]#N.[Cl-]. The molecule has 0 aliphatic rings. The fourth-order valence-electron chi connectivity index (χ4n) is 1.31. The van der Waals surface area contributed by atoms with Gasteiger partial charge in [-0.25, -0.2) is 0 Å². The number of hydrogen-bond donors (Lipinski definition) is 2. The first-order valence-electron chi connectivity index (χ1n) is 4.24. The molecule has 0 unspecified atom stereocenters. The molecule has 0 spiro atoms. The second-order valence-electron chi connectivity index (χ2n) is 3.12. The van der Waals surface area contributed by atoms with Crippen LogP contribution in [0.1, 0.15) is 0 Å². The lowest BCUT2D eigenvalue weighted by molar-refractivity contribution is -0.0000124. The summed E-state index contributed by atoms with van der Waals surface area (Å²) in [6.45, 7) is 0. The molecule has 1 rings (SSSR count). The third-order valence-corrected chi connectivity index (χ3v) is 5.16. The Morgan fingerprint density at radius 2 is 1.65 bits per heavy atom. The topological polar surface area (TPSA) is 146 Å². The first-order valence-corrected chi connectivity index (χ1v) is 8.20. The zero-order chi connectivity index (χ0) is 15.0. The number of hydrogen-bond acceptors (Lipinski definition) is 6. The molecule has 20 heavy (non-hydrogen) atoms. The van der Waals surface area contributed by atoms with Gasteiger partial charge in [-0.3, -0.25) is 9.11 Å². The van der Waals surface area contributed by atoms with Crippen molar-refractivity contribution in [3.05, 3.63) is 14.6 Å². The largest absolute Gasteiger partial charge is 1.00 e. The molecule has 13 heteroatoms. The molecule has 0 bridgehead atoms. The number of diazo groups is 1. The Balaban J connectivity index is 0.00000361. The van der Waals surface area contributed by atoms with Gasteiger partial charge >= 0.3 is 15.8 Å². The summed E-state index contributed by atoms with van der Waals surface area (Å²) < 4.78 is 67.5. The van der Waals surface area contributed by atoms with E-state index < -0.39 is 35.7 Å². The Bertz CT molecular complexity index is 784. The van der Waals surface area contributed by atoms with Crippen molar-refractivity contribution in [2.24, 2.45) is 0 Å². The third-order valence-electron chi connectivity index (χ3n) is 1.97. The van der Waals surface area contributed by atoms with Gasteiger partial charge in [0.2, 0.25) is 16.0 Å². The van der Waals surface area contributed by atoms with Crippen molar-refractivity contribution in [2.45, 2.75) is 9.79 Å². The van der Waals surface area contributed by atoms with E-state index in [-0.39, 0.29) is 21.7 Å². The number of methoxy groups -OCH3 is 1. The first kappa shape index (κ1) is 19.3. The van der Waals surface area contributed by atoms with E-state index in [0.29, 0.717) is 0 Å². The maximum atomic E-state index is 11.3. The molecule has 0 atom stereocenters. The average Bonchev–Trinajstić information content (AvgIpc) is 2.24. The van der Waals surface area contributed by atoms with Crippen LogP contribution in [-0.4, -0.2) is 33.1 Å². The van der Waals surface area contributed by atoms with Crippen molar-refractivity contribution in [1.29, 1.82) is 5.39 Å². The molecule has 1 aromatic carbocycles. The summed E-state index contributed by atoms with van der Waals surface area (Å²) in [5.41, 5.74) is -0.835. The molecular weight excluding hydrogens is 451 g/mol. The maximum absolute atomic E-state index is 11.3. The molecule has 0 saturated carbocycles. The molecule has 112 valence electrons. The molecule has 0 aliphatic heterocycles. The van der Waals surface area contributed by atoms with Crippen LogP contribution in [0.3, 0.4) is 0 Å². The van der Waals surface area contributed by atoms with E-state index in [4.69, 9.17) is 19.2 Å². The van der Waals surface area contributed by atoms with E-state index in [1.807, 2.05) is 0 Å². The summed E-state index contributed by atoms with van der Waals surface area (Å²) in [6, 6.07) is 1.02. The second kappa shape index (κ2) is 6.37. The van der Waals surface area contributed by atoms with Gasteiger partial charge in [-0.15, -0.1) is 0 Å². The number of nitrogens with zero attached hydrogens (tertiary/aromatic N) is 2. The maximum Gasteiger partial charge on any atom is 0.448 e. The predicted octanol–water partition coefficient (Wildman–Crippen LogP) is -1.72. The quantitative estimate of drug-likeness (QED) is 0.310. The van der Waals surface area contributed by atoms with Gasteiger partial charge in [0.15, 0.2) is 4.98 Å². The van der Waals surface area contributed by atoms with E-state index >= 15 is 0 Å². The zero-order valence-electron chi connectivity index (χ0n) is 9.48. The summed E-state index contributed by atoms with van der Waals surface area (Å²) in [6.07, 6.45) is 0. The summed E-state index contributed by atoms with van der Waals surface area (Å²) in [5.74, 6) is -0.299. The average molecular weight is 457 g/mol. The van der Waals surface area contributed by atoms with E-state index in [2.05, 4.69) is 4.98 Å². The lowest BCUT2D eigenvalue weighted by Gasteiger charge is -2.07. The van der Waals surface area contributed by atoms with Gasteiger partial charge in [-0.1, -0.05) is 0 Å².